The largest absolute Gasteiger partial charge is 0.344 e. The van der Waals surface area contributed by atoms with Gasteiger partial charge in [0.25, 0.3) is 0 Å². The molecule has 0 bridgehead atoms. The maximum Gasteiger partial charge on any atom is 0.0484 e. The molecule has 0 unspecified atom stereocenters. The van der Waals surface area contributed by atoms with E-state index in [0.29, 0.717) is 5.92 Å². The Kier molecular flexibility index (Phi) is 3.13. The van der Waals surface area contributed by atoms with Crippen LogP contribution in [-0.4, -0.2) is 7.05 Å². The molecule has 0 atom stereocenters. The zero-order valence-corrected chi connectivity index (χ0v) is 12.6. The van der Waals surface area contributed by atoms with E-state index in [-0.39, 0.29) is 0 Å². The van der Waals surface area contributed by atoms with Crippen molar-refractivity contribution in [1.82, 2.24) is 0 Å². The third-order valence-electron chi connectivity index (χ3n) is 4.07. The minimum atomic E-state index is 0.562. The van der Waals surface area contributed by atoms with E-state index in [1.165, 1.54) is 33.6 Å². The van der Waals surface area contributed by atoms with Crippen LogP contribution >= 0.6 is 0 Å². The van der Waals surface area contributed by atoms with E-state index < -0.39 is 0 Å². The number of hydrogen-bond donors (Lipinski definition) is 0. The molecule has 1 aliphatic heterocycles. The number of hydrogen-bond acceptors (Lipinski definition) is 1. The molecular weight excluding hydrogens is 242 g/mol. The van der Waals surface area contributed by atoms with Gasteiger partial charge in [0, 0.05) is 18.4 Å². The Labute approximate surface area is 121 Å². The molecule has 1 heterocycles. The zero-order chi connectivity index (χ0) is 14.3. The van der Waals surface area contributed by atoms with Crippen LogP contribution < -0.4 is 4.90 Å². The van der Waals surface area contributed by atoms with E-state index in [0.717, 1.165) is 0 Å². The second-order valence-electron chi connectivity index (χ2n) is 5.93. The number of fused-ring (bicyclic) bond motifs is 2. The molecule has 3 rings (SSSR count). The van der Waals surface area contributed by atoms with Crippen LogP contribution in [0.1, 0.15) is 42.0 Å². The van der Waals surface area contributed by atoms with Gasteiger partial charge >= 0.3 is 0 Å². The molecule has 0 radical (unpaired) electrons. The van der Waals surface area contributed by atoms with Crippen molar-refractivity contribution >= 4 is 23.5 Å². The van der Waals surface area contributed by atoms with Crippen molar-refractivity contribution in [3.05, 3.63) is 58.7 Å². The van der Waals surface area contributed by atoms with Gasteiger partial charge in [0.2, 0.25) is 0 Å². The topological polar surface area (TPSA) is 3.24 Å². The summed E-state index contributed by atoms with van der Waals surface area (Å²) in [6, 6.07) is 13.4. The normalized spacial score (nSPS) is 13.2. The summed E-state index contributed by atoms with van der Waals surface area (Å²) in [6.07, 6.45) is 4.46. The van der Waals surface area contributed by atoms with Gasteiger partial charge in [0.05, 0.1) is 0 Å². The molecule has 1 heteroatoms. The first-order valence-electron chi connectivity index (χ1n) is 7.22. The Hall–Kier alpha value is -2.02. The predicted octanol–water partition coefficient (Wildman–Crippen LogP) is 5.37. The van der Waals surface area contributed by atoms with Gasteiger partial charge in [-0.3, -0.25) is 0 Å². The molecule has 0 amide bonds. The lowest BCUT2D eigenvalue weighted by Gasteiger charge is -2.23. The van der Waals surface area contributed by atoms with Gasteiger partial charge < -0.3 is 4.90 Å². The summed E-state index contributed by atoms with van der Waals surface area (Å²) in [5.41, 5.74) is 7.82. The minimum absolute atomic E-state index is 0.562. The quantitative estimate of drug-likeness (QED) is 0.668. The Morgan fingerprint density at radius 2 is 1.60 bits per heavy atom. The highest BCUT2D eigenvalue weighted by molar-refractivity contribution is 5.88. The van der Waals surface area contributed by atoms with Gasteiger partial charge in [-0.15, -0.1) is 0 Å². The molecule has 0 aliphatic carbocycles. The fourth-order valence-corrected chi connectivity index (χ4v) is 2.77. The Morgan fingerprint density at radius 3 is 2.35 bits per heavy atom. The third kappa shape index (κ3) is 2.14. The number of aryl methyl sites for hydroxylation is 1. The number of benzene rings is 2. The standard InChI is InChI=1S/C19H21N/c1-13(2)16-9-10-18-17(12-16)8-7-15-6-5-14(3)11-19(15)20(18)4/h5-13H,1-4H3. The summed E-state index contributed by atoms with van der Waals surface area (Å²) in [6.45, 7) is 6.62. The van der Waals surface area contributed by atoms with E-state index in [1.807, 2.05) is 0 Å². The lowest BCUT2D eigenvalue weighted by molar-refractivity contribution is 0.866. The zero-order valence-electron chi connectivity index (χ0n) is 12.6. The average molecular weight is 263 g/mol. The SMILES string of the molecule is Cc1ccc2c(c1)N(C)c1ccc(C(C)C)cc1C=C2. The van der Waals surface area contributed by atoms with Gasteiger partial charge in [-0.1, -0.05) is 44.2 Å². The monoisotopic (exact) mass is 263 g/mol. The van der Waals surface area contributed by atoms with Gasteiger partial charge in [-0.2, -0.15) is 0 Å². The van der Waals surface area contributed by atoms with Crippen LogP contribution in [0.2, 0.25) is 0 Å². The van der Waals surface area contributed by atoms with Crippen LogP contribution in [0.15, 0.2) is 36.4 Å². The van der Waals surface area contributed by atoms with Crippen LogP contribution in [-0.2, 0) is 0 Å². The van der Waals surface area contributed by atoms with Crippen LogP contribution in [0.4, 0.5) is 11.4 Å². The second-order valence-corrected chi connectivity index (χ2v) is 5.93. The summed E-state index contributed by atoms with van der Waals surface area (Å²) in [4.78, 5) is 2.29. The molecule has 2 aromatic carbocycles. The smallest absolute Gasteiger partial charge is 0.0484 e. The maximum atomic E-state index is 2.31. The molecule has 0 aromatic heterocycles. The van der Waals surface area contributed by atoms with Crippen molar-refractivity contribution in [2.75, 3.05) is 11.9 Å². The molecule has 0 fully saturated rings. The van der Waals surface area contributed by atoms with Gasteiger partial charge in [0.1, 0.15) is 0 Å². The molecule has 2 aromatic rings. The van der Waals surface area contributed by atoms with E-state index in [1.54, 1.807) is 0 Å². The van der Waals surface area contributed by atoms with Crippen LogP contribution in [0.5, 0.6) is 0 Å². The molecule has 1 aliphatic rings. The van der Waals surface area contributed by atoms with Crippen LogP contribution in [0.3, 0.4) is 0 Å². The highest BCUT2D eigenvalue weighted by Gasteiger charge is 2.15. The maximum absolute atomic E-state index is 2.31. The molecule has 0 saturated heterocycles. The van der Waals surface area contributed by atoms with E-state index >= 15 is 0 Å². The minimum Gasteiger partial charge on any atom is -0.344 e. The molecule has 1 nitrogen and oxygen atoms in total. The van der Waals surface area contributed by atoms with Crippen LogP contribution in [0, 0.1) is 6.92 Å². The Morgan fingerprint density at radius 1 is 0.850 bits per heavy atom. The first kappa shape index (κ1) is 13.0. The third-order valence-corrected chi connectivity index (χ3v) is 4.07. The van der Waals surface area contributed by atoms with E-state index in [2.05, 4.69) is 81.3 Å². The summed E-state index contributed by atoms with van der Waals surface area (Å²) in [5, 5.41) is 0. The first-order valence-corrected chi connectivity index (χ1v) is 7.22. The molecule has 102 valence electrons. The van der Waals surface area contributed by atoms with Crippen molar-refractivity contribution in [1.29, 1.82) is 0 Å². The fraction of sp³-hybridized carbons (Fsp3) is 0.263. The number of nitrogens with zero attached hydrogens (tertiary/aromatic N) is 1. The average Bonchev–Trinajstić information content (AvgIpc) is 2.57. The number of anilines is 2. The summed E-state index contributed by atoms with van der Waals surface area (Å²) in [7, 11) is 2.15. The van der Waals surface area contributed by atoms with Crippen molar-refractivity contribution in [2.24, 2.45) is 0 Å². The van der Waals surface area contributed by atoms with E-state index in [9.17, 15) is 0 Å². The van der Waals surface area contributed by atoms with Gasteiger partial charge in [-0.05, 0) is 53.3 Å². The van der Waals surface area contributed by atoms with Crippen molar-refractivity contribution in [2.45, 2.75) is 26.7 Å². The van der Waals surface area contributed by atoms with Crippen molar-refractivity contribution in [3.8, 4) is 0 Å². The fourth-order valence-electron chi connectivity index (χ4n) is 2.77. The molecule has 20 heavy (non-hydrogen) atoms. The first-order chi connectivity index (χ1) is 9.56. The molecule has 0 N–H and O–H groups in total. The highest BCUT2D eigenvalue weighted by Crippen LogP contribution is 2.36. The van der Waals surface area contributed by atoms with Crippen molar-refractivity contribution < 1.29 is 0 Å². The Bertz CT molecular complexity index is 680. The van der Waals surface area contributed by atoms with E-state index in [4.69, 9.17) is 0 Å². The molecular formula is C19H21N. The Balaban J connectivity index is 2.16. The van der Waals surface area contributed by atoms with Gasteiger partial charge in [0.15, 0.2) is 0 Å². The lowest BCUT2D eigenvalue weighted by atomic mass is 9.99. The lowest BCUT2D eigenvalue weighted by Crippen LogP contribution is -2.11. The summed E-state index contributed by atoms with van der Waals surface area (Å²) in [5.74, 6) is 0.562. The molecule has 0 saturated carbocycles. The van der Waals surface area contributed by atoms with Crippen LogP contribution in [0.25, 0.3) is 12.2 Å². The summed E-state index contributed by atoms with van der Waals surface area (Å²) >= 11 is 0. The predicted molar refractivity (Wildman–Crippen MR) is 88.7 cm³/mol. The molecule has 0 spiro atoms. The number of rotatable bonds is 1. The highest BCUT2D eigenvalue weighted by atomic mass is 15.1. The second kappa shape index (κ2) is 4.82. The van der Waals surface area contributed by atoms with Crippen molar-refractivity contribution in [3.63, 3.8) is 0 Å². The van der Waals surface area contributed by atoms with Gasteiger partial charge in [-0.25, -0.2) is 0 Å². The summed E-state index contributed by atoms with van der Waals surface area (Å²) < 4.78 is 0.